The maximum Gasteiger partial charge on any atom is 0.221 e. The summed E-state index contributed by atoms with van der Waals surface area (Å²) in [5.41, 5.74) is 5.27. The van der Waals surface area contributed by atoms with Crippen LogP contribution in [0, 0.1) is 5.92 Å². The highest BCUT2D eigenvalue weighted by Crippen LogP contribution is 2.02. The summed E-state index contributed by atoms with van der Waals surface area (Å²) in [7, 11) is 0. The van der Waals surface area contributed by atoms with Crippen molar-refractivity contribution in [3.63, 3.8) is 0 Å². The summed E-state index contributed by atoms with van der Waals surface area (Å²) >= 11 is 0. The number of hydrogen-bond donors (Lipinski definition) is 2. The van der Waals surface area contributed by atoms with Crippen molar-refractivity contribution < 1.29 is 9.53 Å². The van der Waals surface area contributed by atoms with Crippen LogP contribution in [0.15, 0.2) is 0 Å². The molecule has 0 spiro atoms. The van der Waals surface area contributed by atoms with Gasteiger partial charge in [-0.05, 0) is 19.8 Å². The molecule has 0 radical (unpaired) electrons. The van der Waals surface area contributed by atoms with E-state index in [-0.39, 0.29) is 5.91 Å². The molecule has 0 saturated heterocycles. The van der Waals surface area contributed by atoms with E-state index in [2.05, 4.69) is 19.2 Å². The summed E-state index contributed by atoms with van der Waals surface area (Å²) in [4.78, 5) is 11.3. The van der Waals surface area contributed by atoms with E-state index in [0.717, 1.165) is 6.61 Å². The van der Waals surface area contributed by atoms with Crippen molar-refractivity contribution in [2.75, 3.05) is 19.8 Å². The topological polar surface area (TPSA) is 64.3 Å². The Hall–Kier alpha value is -0.610. The van der Waals surface area contributed by atoms with Gasteiger partial charge in [-0.15, -0.1) is 0 Å². The van der Waals surface area contributed by atoms with Crippen molar-refractivity contribution in [1.29, 1.82) is 0 Å². The van der Waals surface area contributed by atoms with Gasteiger partial charge in [-0.25, -0.2) is 0 Å². The maximum atomic E-state index is 11.3. The standard InChI is InChI=1S/C11H24N2O2/c1-9(2)8-15-6-5-13-10(14)7-11(3,4)12/h9H,5-8,12H2,1-4H3,(H,13,14). The molecule has 0 aliphatic rings. The minimum atomic E-state index is -0.442. The van der Waals surface area contributed by atoms with Crippen LogP contribution in [0.1, 0.15) is 34.1 Å². The predicted molar refractivity (Wildman–Crippen MR) is 61.6 cm³/mol. The van der Waals surface area contributed by atoms with Gasteiger partial charge < -0.3 is 15.8 Å². The first-order valence-corrected chi connectivity index (χ1v) is 5.44. The summed E-state index contributed by atoms with van der Waals surface area (Å²) in [6.07, 6.45) is 0.344. The molecule has 4 heteroatoms. The molecule has 0 fully saturated rings. The second-order valence-electron chi connectivity index (χ2n) is 4.98. The minimum absolute atomic E-state index is 0.0179. The first-order chi connectivity index (χ1) is 6.81. The molecule has 3 N–H and O–H groups in total. The van der Waals surface area contributed by atoms with E-state index >= 15 is 0 Å². The summed E-state index contributed by atoms with van der Waals surface area (Å²) in [6, 6.07) is 0. The van der Waals surface area contributed by atoms with Crippen LogP contribution in [-0.4, -0.2) is 31.2 Å². The van der Waals surface area contributed by atoms with Gasteiger partial charge in [0.1, 0.15) is 0 Å². The Morgan fingerprint density at radius 2 is 2.07 bits per heavy atom. The second kappa shape index (κ2) is 6.80. The van der Waals surface area contributed by atoms with Gasteiger partial charge in [0.05, 0.1) is 6.61 Å². The highest BCUT2D eigenvalue weighted by atomic mass is 16.5. The van der Waals surface area contributed by atoms with Crippen LogP contribution in [0.4, 0.5) is 0 Å². The minimum Gasteiger partial charge on any atom is -0.379 e. The van der Waals surface area contributed by atoms with Crippen LogP contribution in [0.25, 0.3) is 0 Å². The lowest BCUT2D eigenvalue weighted by atomic mass is 10.0. The molecule has 15 heavy (non-hydrogen) atoms. The molecule has 0 aromatic rings. The van der Waals surface area contributed by atoms with E-state index in [4.69, 9.17) is 10.5 Å². The molecule has 0 aliphatic heterocycles. The van der Waals surface area contributed by atoms with Gasteiger partial charge in [0.25, 0.3) is 0 Å². The number of ether oxygens (including phenoxy) is 1. The zero-order valence-electron chi connectivity index (χ0n) is 10.3. The normalized spacial score (nSPS) is 11.9. The molecule has 0 unspecified atom stereocenters. The molecule has 0 aliphatic carbocycles. The van der Waals surface area contributed by atoms with Gasteiger partial charge in [-0.3, -0.25) is 4.79 Å². The Morgan fingerprint density at radius 1 is 1.47 bits per heavy atom. The van der Waals surface area contributed by atoms with Crippen LogP contribution in [0.3, 0.4) is 0 Å². The second-order valence-corrected chi connectivity index (χ2v) is 4.98. The van der Waals surface area contributed by atoms with Gasteiger partial charge in [0, 0.05) is 25.1 Å². The summed E-state index contributed by atoms with van der Waals surface area (Å²) in [5, 5.41) is 2.77. The lowest BCUT2D eigenvalue weighted by molar-refractivity contribution is -0.122. The molecule has 0 bridgehead atoms. The fraction of sp³-hybridized carbons (Fsp3) is 0.909. The fourth-order valence-electron chi connectivity index (χ4n) is 1.06. The third-order valence-electron chi connectivity index (χ3n) is 1.64. The van der Waals surface area contributed by atoms with Gasteiger partial charge in [0.15, 0.2) is 0 Å². The van der Waals surface area contributed by atoms with E-state index < -0.39 is 5.54 Å². The van der Waals surface area contributed by atoms with Crippen molar-refractivity contribution in [2.24, 2.45) is 11.7 Å². The van der Waals surface area contributed by atoms with Crippen molar-refractivity contribution in [3.05, 3.63) is 0 Å². The highest BCUT2D eigenvalue weighted by molar-refractivity contribution is 5.76. The molecular formula is C11H24N2O2. The van der Waals surface area contributed by atoms with E-state index in [1.165, 1.54) is 0 Å². The Labute approximate surface area is 92.6 Å². The lowest BCUT2D eigenvalue weighted by Crippen LogP contribution is -2.39. The van der Waals surface area contributed by atoms with Crippen LogP contribution >= 0.6 is 0 Å². The third-order valence-corrected chi connectivity index (χ3v) is 1.64. The first kappa shape index (κ1) is 14.4. The average molecular weight is 216 g/mol. The Bertz CT molecular complexity index is 186. The predicted octanol–water partition coefficient (Wildman–Crippen LogP) is 0.903. The van der Waals surface area contributed by atoms with Crippen molar-refractivity contribution >= 4 is 5.91 Å². The van der Waals surface area contributed by atoms with E-state index in [0.29, 0.717) is 25.5 Å². The third kappa shape index (κ3) is 11.3. The highest BCUT2D eigenvalue weighted by Gasteiger charge is 2.15. The molecule has 90 valence electrons. The number of carbonyl (C=O) groups is 1. The van der Waals surface area contributed by atoms with Crippen LogP contribution in [0.5, 0.6) is 0 Å². The number of nitrogens with one attached hydrogen (secondary N) is 1. The molecule has 0 saturated carbocycles. The monoisotopic (exact) mass is 216 g/mol. The summed E-state index contributed by atoms with van der Waals surface area (Å²) < 4.78 is 5.33. The molecule has 0 rings (SSSR count). The first-order valence-electron chi connectivity index (χ1n) is 5.44. The molecule has 0 heterocycles. The van der Waals surface area contributed by atoms with Crippen LogP contribution in [-0.2, 0) is 9.53 Å². The number of nitrogens with two attached hydrogens (primary N) is 1. The summed E-state index contributed by atoms with van der Waals surface area (Å²) in [6.45, 7) is 9.71. The Balaban J connectivity index is 3.40. The average Bonchev–Trinajstić information content (AvgIpc) is 1.99. The van der Waals surface area contributed by atoms with Crippen LogP contribution < -0.4 is 11.1 Å². The SMILES string of the molecule is CC(C)COCCNC(=O)CC(C)(C)N. The molecule has 0 aromatic carbocycles. The van der Waals surface area contributed by atoms with Gasteiger partial charge in [0.2, 0.25) is 5.91 Å². The quantitative estimate of drug-likeness (QED) is 0.622. The van der Waals surface area contributed by atoms with E-state index in [1.54, 1.807) is 0 Å². The van der Waals surface area contributed by atoms with Crippen molar-refractivity contribution in [3.8, 4) is 0 Å². The van der Waals surface area contributed by atoms with E-state index in [1.807, 2.05) is 13.8 Å². The van der Waals surface area contributed by atoms with Crippen LogP contribution in [0.2, 0.25) is 0 Å². The maximum absolute atomic E-state index is 11.3. The largest absolute Gasteiger partial charge is 0.379 e. The van der Waals surface area contributed by atoms with Crippen molar-refractivity contribution in [2.45, 2.75) is 39.7 Å². The van der Waals surface area contributed by atoms with Gasteiger partial charge >= 0.3 is 0 Å². The zero-order chi connectivity index (χ0) is 11.9. The Morgan fingerprint density at radius 3 is 2.53 bits per heavy atom. The lowest BCUT2D eigenvalue weighted by Gasteiger charge is -2.17. The smallest absolute Gasteiger partial charge is 0.221 e. The number of carbonyl (C=O) groups excluding carboxylic acids is 1. The van der Waals surface area contributed by atoms with Gasteiger partial charge in [-0.2, -0.15) is 0 Å². The fourth-order valence-corrected chi connectivity index (χ4v) is 1.06. The summed E-state index contributed by atoms with van der Waals surface area (Å²) in [5.74, 6) is 0.513. The molecular weight excluding hydrogens is 192 g/mol. The number of rotatable bonds is 7. The van der Waals surface area contributed by atoms with E-state index in [9.17, 15) is 4.79 Å². The molecule has 4 nitrogen and oxygen atoms in total. The number of amides is 1. The molecule has 1 amide bonds. The Kier molecular flexibility index (Phi) is 6.52. The molecule has 0 aromatic heterocycles. The molecule has 0 atom stereocenters. The van der Waals surface area contributed by atoms with Gasteiger partial charge in [-0.1, -0.05) is 13.8 Å². The van der Waals surface area contributed by atoms with Crippen molar-refractivity contribution in [1.82, 2.24) is 5.32 Å². The zero-order valence-corrected chi connectivity index (χ0v) is 10.3. The number of hydrogen-bond acceptors (Lipinski definition) is 3.